The lowest BCUT2D eigenvalue weighted by molar-refractivity contribution is -0.119. The number of fused-ring (bicyclic) bond motifs is 1. The number of nitrogens with two attached hydrogens (primary N) is 1. The highest BCUT2D eigenvalue weighted by Crippen LogP contribution is 2.35. The van der Waals surface area contributed by atoms with Crippen molar-refractivity contribution in [3.8, 4) is 0 Å². The molecule has 3 aromatic rings. The molecular formula is C18H23N7O. The normalized spacial score (nSPS) is 16.6. The molecule has 1 aliphatic carbocycles. The smallest absolute Gasteiger partial charge is 0.229 e. The van der Waals surface area contributed by atoms with Crippen LogP contribution in [-0.2, 0) is 4.79 Å². The van der Waals surface area contributed by atoms with Gasteiger partial charge in [-0.15, -0.1) is 0 Å². The Labute approximate surface area is 151 Å². The molecule has 8 heteroatoms. The second-order valence-electron chi connectivity index (χ2n) is 6.95. The van der Waals surface area contributed by atoms with Crippen LogP contribution in [-0.4, -0.2) is 30.6 Å². The fraction of sp³-hybridized carbons (Fsp3) is 0.444. The Morgan fingerprint density at radius 3 is 3.00 bits per heavy atom. The minimum atomic E-state index is -0.286. The van der Waals surface area contributed by atoms with E-state index in [-0.39, 0.29) is 11.9 Å². The molecule has 4 N–H and O–H groups in total. The van der Waals surface area contributed by atoms with Gasteiger partial charge >= 0.3 is 0 Å². The predicted octanol–water partition coefficient (Wildman–Crippen LogP) is 2.89. The van der Waals surface area contributed by atoms with Gasteiger partial charge in [-0.1, -0.05) is 19.3 Å². The molecule has 4 rings (SSSR count). The Bertz CT molecular complexity index is 894. The number of hydrogen-bond donors (Lipinski definition) is 3. The van der Waals surface area contributed by atoms with E-state index in [1.54, 1.807) is 12.4 Å². The van der Waals surface area contributed by atoms with Crippen LogP contribution in [0.4, 0.5) is 11.6 Å². The maximum Gasteiger partial charge on any atom is 0.229 e. The van der Waals surface area contributed by atoms with Crippen LogP contribution in [0.25, 0.3) is 11.0 Å². The first-order valence-corrected chi connectivity index (χ1v) is 9.08. The molecule has 0 spiro atoms. The van der Waals surface area contributed by atoms with Crippen LogP contribution in [0.15, 0.2) is 30.9 Å². The Morgan fingerprint density at radius 2 is 2.19 bits per heavy atom. The van der Waals surface area contributed by atoms with E-state index in [2.05, 4.69) is 25.4 Å². The van der Waals surface area contributed by atoms with Gasteiger partial charge in [-0.25, -0.2) is 4.98 Å². The highest BCUT2D eigenvalue weighted by atomic mass is 16.1. The largest absolute Gasteiger partial charge is 0.370 e. The van der Waals surface area contributed by atoms with Gasteiger partial charge in [-0.05, 0) is 24.8 Å². The average molecular weight is 353 g/mol. The summed E-state index contributed by atoms with van der Waals surface area (Å²) in [6, 6.07) is 1.94. The number of nitrogens with one attached hydrogen (secondary N) is 2. The van der Waals surface area contributed by atoms with Crippen LogP contribution in [0.5, 0.6) is 0 Å². The molecule has 0 bridgehead atoms. The van der Waals surface area contributed by atoms with E-state index in [0.29, 0.717) is 18.3 Å². The molecule has 1 aliphatic rings. The molecule has 0 radical (unpaired) electrons. The summed E-state index contributed by atoms with van der Waals surface area (Å²) in [5.74, 6) is 0.658. The van der Waals surface area contributed by atoms with Crippen molar-refractivity contribution in [3.63, 3.8) is 0 Å². The van der Waals surface area contributed by atoms with Gasteiger partial charge in [0.05, 0.1) is 17.9 Å². The molecule has 0 aromatic carbocycles. The van der Waals surface area contributed by atoms with Gasteiger partial charge in [0.25, 0.3) is 0 Å². The summed E-state index contributed by atoms with van der Waals surface area (Å²) in [7, 11) is 0. The van der Waals surface area contributed by atoms with E-state index in [1.807, 2.05) is 23.1 Å². The van der Waals surface area contributed by atoms with Gasteiger partial charge < -0.3 is 16.0 Å². The SMILES string of the molecule is NC(=O)CC(C1CCCCC1)n1cc(Nc2ncc3cc[nH]c3n2)cn1. The molecule has 3 aromatic heterocycles. The number of rotatable bonds is 6. The molecule has 26 heavy (non-hydrogen) atoms. The minimum Gasteiger partial charge on any atom is -0.370 e. The van der Waals surface area contributed by atoms with E-state index in [0.717, 1.165) is 29.6 Å². The number of aromatic amines is 1. The monoisotopic (exact) mass is 353 g/mol. The standard InChI is InChI=1S/C18H23N7O/c19-16(26)8-15(12-4-2-1-3-5-12)25-11-14(10-22-25)23-18-21-9-13-6-7-20-17(13)24-18/h6-7,9-12,15H,1-5,8H2,(H2,19,26)(H2,20,21,23,24). The number of amides is 1. The molecule has 3 heterocycles. The number of nitrogens with zero attached hydrogens (tertiary/aromatic N) is 4. The summed E-state index contributed by atoms with van der Waals surface area (Å²) < 4.78 is 1.87. The molecule has 0 aliphatic heterocycles. The minimum absolute atomic E-state index is 0.00940. The van der Waals surface area contributed by atoms with Gasteiger partial charge in [-0.3, -0.25) is 9.48 Å². The summed E-state index contributed by atoms with van der Waals surface area (Å²) in [4.78, 5) is 23.4. The lowest BCUT2D eigenvalue weighted by atomic mass is 9.82. The zero-order chi connectivity index (χ0) is 17.9. The molecular weight excluding hydrogens is 330 g/mol. The van der Waals surface area contributed by atoms with Crippen molar-refractivity contribution in [1.82, 2.24) is 24.7 Å². The van der Waals surface area contributed by atoms with Crippen molar-refractivity contribution < 1.29 is 4.79 Å². The van der Waals surface area contributed by atoms with Crippen molar-refractivity contribution in [1.29, 1.82) is 0 Å². The molecule has 1 atom stereocenters. The number of aromatic nitrogens is 5. The third kappa shape index (κ3) is 3.54. The summed E-state index contributed by atoms with van der Waals surface area (Å²) in [5.41, 5.74) is 7.07. The Morgan fingerprint density at radius 1 is 1.35 bits per heavy atom. The van der Waals surface area contributed by atoms with Crippen LogP contribution in [0.3, 0.4) is 0 Å². The first-order chi connectivity index (χ1) is 12.7. The molecule has 0 saturated heterocycles. The first kappa shape index (κ1) is 16.6. The zero-order valence-corrected chi connectivity index (χ0v) is 14.6. The van der Waals surface area contributed by atoms with Crippen molar-refractivity contribution in [3.05, 3.63) is 30.9 Å². The maximum absolute atomic E-state index is 11.6. The van der Waals surface area contributed by atoms with Crippen LogP contribution < -0.4 is 11.1 Å². The molecule has 1 unspecified atom stereocenters. The first-order valence-electron chi connectivity index (χ1n) is 9.08. The predicted molar refractivity (Wildman–Crippen MR) is 98.8 cm³/mol. The van der Waals surface area contributed by atoms with Crippen molar-refractivity contribution in [2.75, 3.05) is 5.32 Å². The number of carbonyl (C=O) groups is 1. The highest BCUT2D eigenvalue weighted by Gasteiger charge is 2.27. The van der Waals surface area contributed by atoms with Crippen molar-refractivity contribution in [2.24, 2.45) is 11.7 Å². The molecule has 1 fully saturated rings. The Balaban J connectivity index is 1.53. The molecule has 8 nitrogen and oxygen atoms in total. The summed E-state index contributed by atoms with van der Waals surface area (Å²) in [5, 5.41) is 8.61. The number of H-pyrrole nitrogens is 1. The number of hydrogen-bond acceptors (Lipinski definition) is 5. The van der Waals surface area contributed by atoms with Gasteiger partial charge in [-0.2, -0.15) is 10.1 Å². The van der Waals surface area contributed by atoms with Gasteiger partial charge in [0.15, 0.2) is 0 Å². The van der Waals surface area contributed by atoms with Crippen LogP contribution in [0, 0.1) is 5.92 Å². The van der Waals surface area contributed by atoms with Crippen LogP contribution in [0.1, 0.15) is 44.6 Å². The third-order valence-electron chi connectivity index (χ3n) is 5.10. The highest BCUT2D eigenvalue weighted by molar-refractivity contribution is 5.76. The van der Waals surface area contributed by atoms with Crippen LogP contribution in [0.2, 0.25) is 0 Å². The average Bonchev–Trinajstić information content (AvgIpc) is 3.29. The number of anilines is 2. The zero-order valence-electron chi connectivity index (χ0n) is 14.6. The van der Waals surface area contributed by atoms with Crippen molar-refractivity contribution >= 4 is 28.6 Å². The van der Waals surface area contributed by atoms with E-state index < -0.39 is 0 Å². The quantitative estimate of drug-likeness (QED) is 0.630. The van der Waals surface area contributed by atoms with Gasteiger partial charge in [0, 0.05) is 30.4 Å². The van der Waals surface area contributed by atoms with Gasteiger partial charge in [0.1, 0.15) is 5.65 Å². The topological polar surface area (TPSA) is 115 Å². The van der Waals surface area contributed by atoms with Crippen molar-refractivity contribution in [2.45, 2.75) is 44.6 Å². The fourth-order valence-electron chi connectivity index (χ4n) is 3.81. The number of carbonyl (C=O) groups excluding carboxylic acids is 1. The Hall–Kier alpha value is -2.90. The van der Waals surface area contributed by atoms with E-state index in [4.69, 9.17) is 5.73 Å². The van der Waals surface area contributed by atoms with E-state index >= 15 is 0 Å². The number of primary amides is 1. The van der Waals surface area contributed by atoms with Crippen LogP contribution >= 0.6 is 0 Å². The second kappa shape index (κ2) is 7.15. The lowest BCUT2D eigenvalue weighted by Crippen LogP contribution is -2.27. The molecule has 1 saturated carbocycles. The van der Waals surface area contributed by atoms with Gasteiger partial charge in [0.2, 0.25) is 11.9 Å². The second-order valence-corrected chi connectivity index (χ2v) is 6.95. The summed E-state index contributed by atoms with van der Waals surface area (Å²) in [6.45, 7) is 0. The lowest BCUT2D eigenvalue weighted by Gasteiger charge is -2.29. The molecule has 1 amide bonds. The fourth-order valence-corrected chi connectivity index (χ4v) is 3.81. The summed E-state index contributed by atoms with van der Waals surface area (Å²) in [6.07, 6.45) is 13.5. The van der Waals surface area contributed by atoms with E-state index in [1.165, 1.54) is 19.3 Å². The molecule has 136 valence electrons. The Kier molecular flexibility index (Phi) is 4.55. The third-order valence-corrected chi connectivity index (χ3v) is 5.10. The summed E-state index contributed by atoms with van der Waals surface area (Å²) >= 11 is 0. The maximum atomic E-state index is 11.6. The van der Waals surface area contributed by atoms with E-state index in [9.17, 15) is 4.79 Å².